The van der Waals surface area contributed by atoms with Crippen molar-refractivity contribution in [2.24, 2.45) is 0 Å². The quantitative estimate of drug-likeness (QED) is 0.357. The number of aromatic nitrogens is 3. The van der Waals surface area contributed by atoms with Crippen LogP contribution in [0.15, 0.2) is 66.9 Å². The van der Waals surface area contributed by atoms with Gasteiger partial charge < -0.3 is 14.4 Å². The minimum atomic E-state index is -0.961. The second kappa shape index (κ2) is 7.53. The summed E-state index contributed by atoms with van der Waals surface area (Å²) < 4.78 is 21.8. The van der Waals surface area contributed by atoms with E-state index in [0.717, 1.165) is 50.7 Å². The maximum atomic E-state index is 13.8. The number of rotatable bonds is 5. The summed E-state index contributed by atoms with van der Waals surface area (Å²) in [5.41, 5.74) is 5.80. The van der Waals surface area contributed by atoms with Crippen LogP contribution >= 0.6 is 0 Å². The van der Waals surface area contributed by atoms with Crippen LogP contribution in [0.1, 0.15) is 29.4 Å². The van der Waals surface area contributed by atoms with Gasteiger partial charge >= 0.3 is 5.97 Å². The van der Waals surface area contributed by atoms with Crippen LogP contribution in [0.3, 0.4) is 0 Å². The van der Waals surface area contributed by atoms with Gasteiger partial charge in [0, 0.05) is 27.7 Å². The van der Waals surface area contributed by atoms with E-state index in [1.54, 1.807) is 30.5 Å². The molecule has 2 aromatic heterocycles. The highest BCUT2D eigenvalue weighted by atomic mass is 19.1. The maximum absolute atomic E-state index is 13.8. The van der Waals surface area contributed by atoms with Gasteiger partial charge in [-0.25, -0.2) is 9.18 Å². The number of halogens is 1. The molecule has 2 N–H and O–H groups in total. The van der Waals surface area contributed by atoms with Crippen molar-refractivity contribution in [2.75, 3.05) is 13.2 Å². The molecule has 170 valence electrons. The van der Waals surface area contributed by atoms with Gasteiger partial charge in [-0.1, -0.05) is 19.1 Å². The number of H-pyrrole nitrogens is 1. The number of nitrogens with one attached hydrogen (secondary N) is 1. The van der Waals surface area contributed by atoms with Gasteiger partial charge in [-0.05, 0) is 60.5 Å². The van der Waals surface area contributed by atoms with Crippen molar-refractivity contribution in [1.29, 1.82) is 0 Å². The summed E-state index contributed by atoms with van der Waals surface area (Å²) in [5.74, 6) is -1.25. The van der Waals surface area contributed by atoms with E-state index in [4.69, 9.17) is 4.74 Å². The number of carbonyl (C=O) groups is 1. The molecular weight excluding hydrogens is 433 g/mol. The third kappa shape index (κ3) is 2.97. The number of hydrogen-bond acceptors (Lipinski definition) is 3. The topological polar surface area (TPSA) is 80.1 Å². The molecule has 7 heteroatoms. The summed E-state index contributed by atoms with van der Waals surface area (Å²) in [6, 6.07) is 17.7. The van der Waals surface area contributed by atoms with Gasteiger partial charge in [0.1, 0.15) is 5.82 Å². The SMILES string of the molecule is CCC1(c2c(-c3ccc(C(=O)O)cc3)c3cc4[nH]ncc4cc3n2-c2ccc(F)cc2)COC1. The van der Waals surface area contributed by atoms with Crippen LogP contribution in [0.5, 0.6) is 0 Å². The van der Waals surface area contributed by atoms with Gasteiger partial charge in [0.25, 0.3) is 0 Å². The van der Waals surface area contributed by atoms with E-state index < -0.39 is 5.97 Å². The first-order valence-corrected chi connectivity index (χ1v) is 11.2. The van der Waals surface area contributed by atoms with Crippen molar-refractivity contribution in [3.05, 3.63) is 83.9 Å². The van der Waals surface area contributed by atoms with E-state index in [9.17, 15) is 14.3 Å². The summed E-state index contributed by atoms with van der Waals surface area (Å²) >= 11 is 0. The highest BCUT2D eigenvalue weighted by Gasteiger charge is 2.44. The van der Waals surface area contributed by atoms with Gasteiger partial charge in [0.15, 0.2) is 0 Å². The largest absolute Gasteiger partial charge is 0.478 e. The first kappa shape index (κ1) is 20.6. The number of carboxylic acid groups (broad SMARTS) is 1. The molecule has 34 heavy (non-hydrogen) atoms. The molecule has 3 heterocycles. The standard InChI is InChI=1S/C27H22FN3O3/c1-2-27(14-34-15-27)25-24(16-3-5-17(6-4-16)26(32)33)21-12-22-18(13-29-30-22)11-23(21)31(25)20-9-7-19(28)8-10-20/h3-13H,2,14-15H2,1H3,(H,29,30)(H,32,33). The Morgan fingerprint density at radius 3 is 2.50 bits per heavy atom. The second-order valence-corrected chi connectivity index (χ2v) is 8.87. The van der Waals surface area contributed by atoms with Crippen molar-refractivity contribution in [2.45, 2.75) is 18.8 Å². The number of benzene rings is 3. The van der Waals surface area contributed by atoms with Gasteiger partial charge in [0.05, 0.1) is 41.4 Å². The fourth-order valence-corrected chi connectivity index (χ4v) is 5.01. The number of nitrogens with zero attached hydrogens (tertiary/aromatic N) is 2. The van der Waals surface area contributed by atoms with Gasteiger partial charge in [0.2, 0.25) is 0 Å². The van der Waals surface area contributed by atoms with E-state index in [0.29, 0.717) is 13.2 Å². The molecule has 0 aliphatic carbocycles. The average molecular weight is 455 g/mol. The van der Waals surface area contributed by atoms with Crippen LogP contribution in [0, 0.1) is 5.82 Å². The second-order valence-electron chi connectivity index (χ2n) is 8.87. The Kier molecular flexibility index (Phi) is 4.57. The molecule has 0 bridgehead atoms. The monoisotopic (exact) mass is 455 g/mol. The van der Waals surface area contributed by atoms with Crippen molar-refractivity contribution >= 4 is 27.8 Å². The summed E-state index contributed by atoms with van der Waals surface area (Å²) in [6.07, 6.45) is 2.66. The lowest BCUT2D eigenvalue weighted by Crippen LogP contribution is -2.47. The number of aromatic carboxylic acids is 1. The van der Waals surface area contributed by atoms with Gasteiger partial charge in [-0.2, -0.15) is 5.10 Å². The zero-order valence-electron chi connectivity index (χ0n) is 18.5. The summed E-state index contributed by atoms with van der Waals surface area (Å²) in [5, 5.41) is 18.6. The predicted octanol–water partition coefficient (Wildman–Crippen LogP) is 5.69. The number of ether oxygens (including phenoxy) is 1. The summed E-state index contributed by atoms with van der Waals surface area (Å²) in [4.78, 5) is 11.5. The Balaban J connectivity index is 1.75. The molecule has 1 aliphatic rings. The summed E-state index contributed by atoms with van der Waals surface area (Å²) in [6.45, 7) is 3.32. The molecule has 3 aromatic carbocycles. The number of hydrogen-bond donors (Lipinski definition) is 2. The van der Waals surface area contributed by atoms with E-state index in [1.165, 1.54) is 12.1 Å². The van der Waals surface area contributed by atoms with Crippen molar-refractivity contribution < 1.29 is 19.0 Å². The molecule has 1 fully saturated rings. The molecular formula is C27H22FN3O3. The molecule has 0 atom stereocenters. The molecule has 0 spiro atoms. The Morgan fingerprint density at radius 2 is 1.88 bits per heavy atom. The molecule has 1 saturated heterocycles. The Labute approximate surface area is 194 Å². The molecule has 0 saturated carbocycles. The lowest BCUT2D eigenvalue weighted by atomic mass is 9.76. The highest BCUT2D eigenvalue weighted by Crippen LogP contribution is 2.48. The number of fused-ring (bicyclic) bond motifs is 2. The molecule has 5 aromatic rings. The molecule has 6 rings (SSSR count). The summed E-state index contributed by atoms with van der Waals surface area (Å²) in [7, 11) is 0. The minimum absolute atomic E-state index is 0.222. The Bertz CT molecular complexity index is 1540. The van der Waals surface area contributed by atoms with Crippen LogP contribution < -0.4 is 0 Å². The number of carboxylic acids is 1. The smallest absolute Gasteiger partial charge is 0.335 e. The molecule has 0 radical (unpaired) electrons. The molecule has 1 aliphatic heterocycles. The molecule has 0 unspecified atom stereocenters. The van der Waals surface area contributed by atoms with Crippen LogP contribution in [0.25, 0.3) is 38.6 Å². The Morgan fingerprint density at radius 1 is 1.15 bits per heavy atom. The predicted molar refractivity (Wildman–Crippen MR) is 128 cm³/mol. The average Bonchev–Trinajstić information content (AvgIpc) is 3.40. The minimum Gasteiger partial charge on any atom is -0.478 e. The first-order valence-electron chi connectivity index (χ1n) is 11.2. The normalized spacial score (nSPS) is 15.0. The van der Waals surface area contributed by atoms with Crippen LogP contribution in [-0.4, -0.2) is 39.1 Å². The van der Waals surface area contributed by atoms with Crippen LogP contribution in [-0.2, 0) is 10.2 Å². The molecule has 0 amide bonds. The van der Waals surface area contributed by atoms with Crippen molar-refractivity contribution in [1.82, 2.24) is 14.8 Å². The maximum Gasteiger partial charge on any atom is 0.335 e. The van der Waals surface area contributed by atoms with E-state index in [2.05, 4.69) is 33.8 Å². The fourth-order valence-electron chi connectivity index (χ4n) is 5.01. The van der Waals surface area contributed by atoms with E-state index in [-0.39, 0.29) is 16.8 Å². The van der Waals surface area contributed by atoms with E-state index >= 15 is 0 Å². The lowest BCUT2D eigenvalue weighted by Gasteiger charge is -2.42. The van der Waals surface area contributed by atoms with Crippen LogP contribution in [0.2, 0.25) is 0 Å². The third-order valence-electron chi connectivity index (χ3n) is 6.97. The molecule has 6 nitrogen and oxygen atoms in total. The van der Waals surface area contributed by atoms with Crippen LogP contribution in [0.4, 0.5) is 4.39 Å². The van der Waals surface area contributed by atoms with Crippen molar-refractivity contribution in [3.63, 3.8) is 0 Å². The van der Waals surface area contributed by atoms with Crippen molar-refractivity contribution in [3.8, 4) is 16.8 Å². The third-order valence-corrected chi connectivity index (χ3v) is 6.97. The lowest BCUT2D eigenvalue weighted by molar-refractivity contribution is -0.0644. The number of aromatic amines is 1. The Hall–Kier alpha value is -3.97. The van der Waals surface area contributed by atoms with E-state index in [1.807, 2.05) is 12.1 Å². The zero-order valence-corrected chi connectivity index (χ0v) is 18.5. The highest BCUT2D eigenvalue weighted by molar-refractivity contribution is 6.06. The fraction of sp³-hybridized carbons (Fsp3) is 0.185. The first-order chi connectivity index (χ1) is 16.5. The van der Waals surface area contributed by atoms with Gasteiger partial charge in [-0.3, -0.25) is 5.10 Å². The van der Waals surface area contributed by atoms with Gasteiger partial charge in [-0.15, -0.1) is 0 Å². The zero-order chi connectivity index (χ0) is 23.4.